The van der Waals surface area contributed by atoms with Gasteiger partial charge in [0.05, 0.1) is 25.4 Å². The number of para-hydroxylation sites is 1. The fourth-order valence-electron chi connectivity index (χ4n) is 4.99. The van der Waals surface area contributed by atoms with Crippen molar-refractivity contribution in [2.75, 3.05) is 6.61 Å². The molecule has 3 aromatic rings. The molecule has 0 amide bonds. The fourth-order valence-corrected chi connectivity index (χ4v) is 7.97. The minimum absolute atomic E-state index is 0.259. The van der Waals surface area contributed by atoms with Crippen LogP contribution in [-0.2, 0) is 57.2 Å². The number of phosphoric ester groups is 2. The number of hydrogen-bond donors (Lipinski definition) is 3. The number of aliphatic hydroxyl groups excluding tert-OH is 2. The predicted molar refractivity (Wildman–Crippen MR) is 193 cm³/mol. The number of carbonyl (C=O) groups is 2. The van der Waals surface area contributed by atoms with Crippen molar-refractivity contribution < 1.29 is 79.9 Å². The van der Waals surface area contributed by atoms with Crippen molar-refractivity contribution in [3.63, 3.8) is 0 Å². The molecule has 7 atom stereocenters. The molecule has 0 aliphatic carbocycles. The van der Waals surface area contributed by atoms with Gasteiger partial charge in [0.1, 0.15) is 24.0 Å². The molecule has 0 saturated carbocycles. The number of aromatic nitrogens is 3. The average Bonchev–Trinajstić information content (AvgIpc) is 3.63. The van der Waals surface area contributed by atoms with Gasteiger partial charge in [0.2, 0.25) is 12.6 Å². The van der Waals surface area contributed by atoms with E-state index in [1.807, 2.05) is 0 Å². The summed E-state index contributed by atoms with van der Waals surface area (Å²) >= 11 is 0. The van der Waals surface area contributed by atoms with Crippen molar-refractivity contribution in [1.29, 1.82) is 0 Å². The summed E-state index contributed by atoms with van der Waals surface area (Å²) in [5.74, 6) is -1.64. The molecular formula is C33H47N3O19P2. The number of fused-ring (bicyclic) bond motifs is 1. The highest BCUT2D eigenvalue weighted by Gasteiger charge is 2.49. The van der Waals surface area contributed by atoms with Gasteiger partial charge in [0.15, 0.2) is 11.8 Å². The van der Waals surface area contributed by atoms with Crippen LogP contribution in [0.3, 0.4) is 0 Å². The topological polar surface area (TPSA) is 282 Å². The monoisotopic (exact) mass is 851 g/mol. The first-order chi connectivity index (χ1) is 26.6. The highest BCUT2D eigenvalue weighted by Crippen LogP contribution is 2.65. The SMILES string of the molecule is CC(C)OC(=O)OC(OP(=O)(OC(OC(=O)OC(C)C)C(C)C)OP(=O)(O)OC[C@H]1O[C@@H](n2ccc(=O)n(Cc3noc4ccccc34)c2=O)[C@@H](O)[C@H]1O)C(C)C. The zero-order valence-electron chi connectivity index (χ0n) is 32.3. The minimum atomic E-state index is -5.63. The van der Waals surface area contributed by atoms with Crippen LogP contribution >= 0.6 is 15.6 Å². The summed E-state index contributed by atoms with van der Waals surface area (Å²) < 4.78 is 80.7. The number of phosphoric acid groups is 2. The number of hydrogen-bond acceptors (Lipinski definition) is 19. The minimum Gasteiger partial charge on any atom is -0.432 e. The maximum absolute atomic E-state index is 14.2. The first-order valence-electron chi connectivity index (χ1n) is 17.7. The molecular weight excluding hydrogens is 804 g/mol. The van der Waals surface area contributed by atoms with Gasteiger partial charge in [-0.05, 0) is 39.8 Å². The Morgan fingerprint density at radius 3 is 1.95 bits per heavy atom. The van der Waals surface area contributed by atoms with Gasteiger partial charge in [0, 0.05) is 29.5 Å². The molecule has 22 nitrogen and oxygen atoms in total. The number of aliphatic hydroxyl groups is 2. The smallest absolute Gasteiger partial charge is 0.432 e. The van der Waals surface area contributed by atoms with Gasteiger partial charge in [-0.25, -0.2) is 32.6 Å². The number of ether oxygens (including phenoxy) is 5. The summed E-state index contributed by atoms with van der Waals surface area (Å²) in [6.07, 6.45) is -13.4. The Bertz CT molecular complexity index is 2020. The Balaban J connectivity index is 1.54. The Morgan fingerprint density at radius 2 is 1.40 bits per heavy atom. The second-order valence-corrected chi connectivity index (χ2v) is 17.1. The molecule has 1 saturated heterocycles. The van der Waals surface area contributed by atoms with Crippen LogP contribution in [0.25, 0.3) is 11.0 Å². The highest BCUT2D eigenvalue weighted by atomic mass is 31.3. The summed E-state index contributed by atoms with van der Waals surface area (Å²) in [5.41, 5.74) is -1.03. The van der Waals surface area contributed by atoms with Crippen molar-refractivity contribution >= 4 is 38.9 Å². The van der Waals surface area contributed by atoms with Gasteiger partial charge in [-0.1, -0.05) is 45.0 Å². The van der Waals surface area contributed by atoms with E-state index in [0.717, 1.165) is 21.4 Å². The van der Waals surface area contributed by atoms with Crippen LogP contribution in [0.1, 0.15) is 67.3 Å². The van der Waals surface area contributed by atoms with Gasteiger partial charge in [-0.15, -0.1) is 0 Å². The van der Waals surface area contributed by atoms with E-state index >= 15 is 0 Å². The van der Waals surface area contributed by atoms with E-state index < -0.39 is 107 Å². The van der Waals surface area contributed by atoms with Crippen LogP contribution in [0.5, 0.6) is 0 Å². The van der Waals surface area contributed by atoms with E-state index in [1.54, 1.807) is 24.3 Å². The van der Waals surface area contributed by atoms with Gasteiger partial charge < -0.3 is 43.3 Å². The summed E-state index contributed by atoms with van der Waals surface area (Å²) in [7, 11) is -11.1. The molecule has 1 aliphatic rings. The summed E-state index contributed by atoms with van der Waals surface area (Å²) in [4.78, 5) is 61.6. The first kappa shape index (κ1) is 45.7. The van der Waals surface area contributed by atoms with Gasteiger partial charge >= 0.3 is 33.6 Å². The van der Waals surface area contributed by atoms with Crippen molar-refractivity contribution in [2.45, 2.75) is 111 Å². The van der Waals surface area contributed by atoms with E-state index in [1.165, 1.54) is 55.4 Å². The summed E-state index contributed by atoms with van der Waals surface area (Å²) in [6, 6.07) is 7.76. The molecule has 1 fully saturated rings. The molecule has 0 radical (unpaired) electrons. The number of rotatable bonds is 18. The zero-order valence-corrected chi connectivity index (χ0v) is 34.1. The highest BCUT2D eigenvalue weighted by molar-refractivity contribution is 7.61. The molecule has 3 N–H and O–H groups in total. The van der Waals surface area contributed by atoms with Crippen molar-refractivity contribution in [3.05, 3.63) is 63.1 Å². The molecule has 57 heavy (non-hydrogen) atoms. The zero-order chi connectivity index (χ0) is 42.4. The lowest BCUT2D eigenvalue weighted by molar-refractivity contribution is -0.135. The Morgan fingerprint density at radius 1 is 0.842 bits per heavy atom. The van der Waals surface area contributed by atoms with Crippen LogP contribution in [-0.4, -0.2) is 91.4 Å². The van der Waals surface area contributed by atoms with E-state index in [2.05, 4.69) is 5.16 Å². The lowest BCUT2D eigenvalue weighted by atomic mass is 10.1. The van der Waals surface area contributed by atoms with Crippen LogP contribution < -0.4 is 11.2 Å². The van der Waals surface area contributed by atoms with Crippen molar-refractivity contribution in [1.82, 2.24) is 14.3 Å². The Hall–Kier alpha value is -3.95. The second kappa shape index (κ2) is 19.2. The molecule has 0 bridgehead atoms. The summed E-state index contributed by atoms with van der Waals surface area (Å²) in [5, 5.41) is 26.2. The van der Waals surface area contributed by atoms with Gasteiger partial charge in [0.25, 0.3) is 5.56 Å². The molecule has 318 valence electrons. The van der Waals surface area contributed by atoms with Gasteiger partial charge in [-0.3, -0.25) is 18.5 Å². The molecule has 1 aliphatic heterocycles. The second-order valence-electron chi connectivity index (χ2n) is 13.9. The van der Waals surface area contributed by atoms with Crippen molar-refractivity contribution in [3.8, 4) is 0 Å². The largest absolute Gasteiger partial charge is 0.510 e. The third kappa shape index (κ3) is 12.3. The molecule has 2 aromatic heterocycles. The predicted octanol–water partition coefficient (Wildman–Crippen LogP) is 4.18. The van der Waals surface area contributed by atoms with Crippen molar-refractivity contribution in [2.24, 2.45) is 11.8 Å². The maximum atomic E-state index is 14.2. The number of nitrogens with zero attached hydrogens (tertiary/aromatic N) is 3. The molecule has 1 aromatic carbocycles. The Labute approximate surface area is 325 Å². The Kier molecular flexibility index (Phi) is 15.4. The maximum Gasteiger partial charge on any atom is 0.510 e. The third-order valence-electron chi connectivity index (χ3n) is 7.72. The van der Waals surface area contributed by atoms with Gasteiger partial charge in [-0.2, -0.15) is 4.31 Å². The standard InChI is InChI=1S/C33H47N3O19P2/c1-17(2)29(50-32(41)47-19(5)6)53-57(45,54-30(18(3)4)51-33(42)48-20(7)8)55-56(43,44)46-16-24-26(38)27(39)28(49-24)35-14-13-25(37)36(31(35)40)15-22-21-11-9-10-12-23(21)52-34-22/h9-14,17-20,24,26-30,38-39H,15-16H2,1-8H3,(H,43,44)/t24-,26+,27+,28-,29?,30?,57?/m1/s1. The van der Waals surface area contributed by atoms with Crippen LogP contribution in [0, 0.1) is 11.8 Å². The molecule has 3 unspecified atom stereocenters. The lowest BCUT2D eigenvalue weighted by Crippen LogP contribution is -2.43. The molecule has 0 spiro atoms. The molecule has 4 rings (SSSR count). The third-order valence-corrected chi connectivity index (χ3v) is 10.7. The van der Waals surface area contributed by atoms with Crippen LogP contribution in [0.15, 0.2) is 50.6 Å². The number of benzene rings is 1. The summed E-state index contributed by atoms with van der Waals surface area (Å²) in [6.45, 7) is 10.5. The molecule has 24 heteroatoms. The first-order valence-corrected chi connectivity index (χ1v) is 20.6. The van der Waals surface area contributed by atoms with Crippen LogP contribution in [0.4, 0.5) is 9.59 Å². The quantitative estimate of drug-likeness (QED) is 0.0919. The van der Waals surface area contributed by atoms with E-state index in [0.29, 0.717) is 11.0 Å². The number of carbonyl (C=O) groups excluding carboxylic acids is 2. The average molecular weight is 852 g/mol. The normalized spacial score (nSPS) is 21.7. The molecule has 3 heterocycles. The lowest BCUT2D eigenvalue weighted by Gasteiger charge is -2.30. The van der Waals surface area contributed by atoms with E-state index in [-0.39, 0.29) is 12.2 Å². The fraction of sp³-hybridized carbons (Fsp3) is 0.606. The van der Waals surface area contributed by atoms with E-state index in [9.17, 15) is 43.4 Å². The van der Waals surface area contributed by atoms with Crippen LogP contribution in [0.2, 0.25) is 0 Å². The van der Waals surface area contributed by atoms with E-state index in [4.69, 9.17) is 46.1 Å².